The molecule has 0 radical (unpaired) electrons. The van der Waals surface area contributed by atoms with E-state index in [1.807, 2.05) is 17.4 Å². The summed E-state index contributed by atoms with van der Waals surface area (Å²) in [5.74, 6) is 0. The van der Waals surface area contributed by atoms with Crippen LogP contribution in [0.1, 0.15) is 30.2 Å². The van der Waals surface area contributed by atoms with Gasteiger partial charge in [0, 0.05) is 10.4 Å². The van der Waals surface area contributed by atoms with Crippen LogP contribution in [0.3, 0.4) is 0 Å². The average molecular weight is 245 g/mol. The van der Waals surface area contributed by atoms with Crippen LogP contribution < -0.4 is 5.73 Å². The van der Waals surface area contributed by atoms with Gasteiger partial charge in [-0.3, -0.25) is 0 Å². The van der Waals surface area contributed by atoms with E-state index < -0.39 is 0 Å². The quantitative estimate of drug-likeness (QED) is 0.848. The molecule has 0 amide bonds. The van der Waals surface area contributed by atoms with Crippen molar-refractivity contribution in [3.8, 4) is 0 Å². The molecule has 0 fully saturated rings. The van der Waals surface area contributed by atoms with E-state index >= 15 is 0 Å². The normalized spacial score (nSPS) is 14.5. The summed E-state index contributed by atoms with van der Waals surface area (Å²) in [4.78, 5) is 1.42. The molecule has 90 valence electrons. The molecule has 1 aromatic carbocycles. The third-order valence-corrected chi connectivity index (χ3v) is 4.31. The molecule has 1 unspecified atom stereocenters. The highest BCUT2D eigenvalue weighted by molar-refractivity contribution is 7.09. The largest absolute Gasteiger partial charge is 0.321 e. The Hall–Kier alpha value is -1.12. The standard InChI is InChI=1S/C15H19NS/c1-2-15(16,13-7-4-3-5-8-13)11-10-14-9-6-12-17-14/h3-9,12H,2,10-11,16H2,1H3. The van der Waals surface area contributed by atoms with E-state index in [0.29, 0.717) is 0 Å². The van der Waals surface area contributed by atoms with E-state index in [1.54, 1.807) is 0 Å². The summed E-state index contributed by atoms with van der Waals surface area (Å²) in [5.41, 5.74) is 7.60. The minimum Gasteiger partial charge on any atom is -0.321 e. The third kappa shape index (κ3) is 2.96. The van der Waals surface area contributed by atoms with E-state index in [0.717, 1.165) is 19.3 Å². The molecule has 1 nitrogen and oxygen atoms in total. The highest BCUT2D eigenvalue weighted by atomic mass is 32.1. The van der Waals surface area contributed by atoms with Gasteiger partial charge in [0.05, 0.1) is 0 Å². The van der Waals surface area contributed by atoms with Crippen molar-refractivity contribution in [1.82, 2.24) is 0 Å². The van der Waals surface area contributed by atoms with E-state index in [4.69, 9.17) is 5.73 Å². The fourth-order valence-corrected chi connectivity index (χ4v) is 2.81. The summed E-state index contributed by atoms with van der Waals surface area (Å²) in [6.07, 6.45) is 3.05. The molecule has 2 N–H and O–H groups in total. The molecule has 0 spiro atoms. The smallest absolute Gasteiger partial charge is 0.0410 e. The first kappa shape index (κ1) is 12.3. The van der Waals surface area contributed by atoms with Gasteiger partial charge in [0.2, 0.25) is 0 Å². The molecule has 0 saturated carbocycles. The Labute approximate surface area is 107 Å². The summed E-state index contributed by atoms with van der Waals surface area (Å²) < 4.78 is 0. The van der Waals surface area contributed by atoms with Crippen LogP contribution in [0.4, 0.5) is 0 Å². The van der Waals surface area contributed by atoms with Crippen molar-refractivity contribution in [2.24, 2.45) is 5.73 Å². The zero-order valence-electron chi connectivity index (χ0n) is 10.2. The molecular weight excluding hydrogens is 226 g/mol. The van der Waals surface area contributed by atoms with Gasteiger partial charge >= 0.3 is 0 Å². The van der Waals surface area contributed by atoms with E-state index in [-0.39, 0.29) is 5.54 Å². The van der Waals surface area contributed by atoms with Crippen molar-refractivity contribution in [2.45, 2.75) is 31.7 Å². The highest BCUT2D eigenvalue weighted by Crippen LogP contribution is 2.28. The first-order valence-electron chi connectivity index (χ1n) is 6.11. The first-order chi connectivity index (χ1) is 8.24. The Morgan fingerprint density at radius 2 is 1.88 bits per heavy atom. The molecule has 1 aromatic heterocycles. The molecule has 1 heterocycles. The van der Waals surface area contributed by atoms with Crippen molar-refractivity contribution in [3.05, 3.63) is 58.3 Å². The van der Waals surface area contributed by atoms with Crippen molar-refractivity contribution in [1.29, 1.82) is 0 Å². The van der Waals surface area contributed by atoms with Gasteiger partial charge in [0.25, 0.3) is 0 Å². The van der Waals surface area contributed by atoms with Crippen molar-refractivity contribution in [3.63, 3.8) is 0 Å². The molecule has 2 heteroatoms. The van der Waals surface area contributed by atoms with Crippen LogP contribution in [-0.2, 0) is 12.0 Å². The van der Waals surface area contributed by atoms with Gasteiger partial charge in [-0.1, -0.05) is 43.3 Å². The molecule has 0 saturated heterocycles. The fraction of sp³-hybridized carbons (Fsp3) is 0.333. The molecule has 0 bridgehead atoms. The highest BCUT2D eigenvalue weighted by Gasteiger charge is 2.24. The molecule has 2 aromatic rings. The molecule has 0 aliphatic heterocycles. The van der Waals surface area contributed by atoms with Gasteiger partial charge < -0.3 is 5.73 Å². The Morgan fingerprint density at radius 3 is 2.47 bits per heavy atom. The van der Waals surface area contributed by atoms with Crippen LogP contribution >= 0.6 is 11.3 Å². The minimum atomic E-state index is -0.189. The molecular formula is C15H19NS. The Bertz CT molecular complexity index is 435. The second kappa shape index (κ2) is 5.48. The third-order valence-electron chi connectivity index (χ3n) is 3.38. The Morgan fingerprint density at radius 1 is 1.12 bits per heavy atom. The number of rotatable bonds is 5. The molecule has 1 atom stereocenters. The molecule has 2 rings (SSSR count). The number of hydrogen-bond donors (Lipinski definition) is 1. The molecule has 17 heavy (non-hydrogen) atoms. The van der Waals surface area contributed by atoms with Gasteiger partial charge in [-0.05, 0) is 36.3 Å². The summed E-state index contributed by atoms with van der Waals surface area (Å²) in [6.45, 7) is 2.17. The summed E-state index contributed by atoms with van der Waals surface area (Å²) >= 11 is 1.81. The maximum absolute atomic E-state index is 6.54. The van der Waals surface area contributed by atoms with Crippen molar-refractivity contribution in [2.75, 3.05) is 0 Å². The lowest BCUT2D eigenvalue weighted by Crippen LogP contribution is -2.36. The lowest BCUT2D eigenvalue weighted by molar-refractivity contribution is 0.395. The van der Waals surface area contributed by atoms with Crippen LogP contribution in [0.15, 0.2) is 47.8 Å². The lowest BCUT2D eigenvalue weighted by Gasteiger charge is -2.28. The van der Waals surface area contributed by atoms with Crippen LogP contribution in [-0.4, -0.2) is 0 Å². The number of benzene rings is 1. The Balaban J connectivity index is 2.09. The fourth-order valence-electron chi connectivity index (χ4n) is 2.10. The van der Waals surface area contributed by atoms with E-state index in [2.05, 4.69) is 48.7 Å². The van der Waals surface area contributed by atoms with Gasteiger partial charge in [-0.15, -0.1) is 11.3 Å². The minimum absolute atomic E-state index is 0.189. The zero-order valence-corrected chi connectivity index (χ0v) is 11.0. The lowest BCUT2D eigenvalue weighted by atomic mass is 9.84. The predicted molar refractivity (Wildman–Crippen MR) is 75.2 cm³/mol. The summed E-state index contributed by atoms with van der Waals surface area (Å²) in [6, 6.07) is 14.7. The monoisotopic (exact) mass is 245 g/mol. The summed E-state index contributed by atoms with van der Waals surface area (Å²) in [5, 5.41) is 2.13. The van der Waals surface area contributed by atoms with Gasteiger partial charge in [-0.2, -0.15) is 0 Å². The predicted octanol–water partition coefficient (Wildman–Crippen LogP) is 3.94. The van der Waals surface area contributed by atoms with Crippen LogP contribution in [0.2, 0.25) is 0 Å². The number of thiophene rings is 1. The van der Waals surface area contributed by atoms with Crippen LogP contribution in [0, 0.1) is 0 Å². The number of aryl methyl sites for hydroxylation is 1. The van der Waals surface area contributed by atoms with Crippen LogP contribution in [0.25, 0.3) is 0 Å². The van der Waals surface area contributed by atoms with E-state index in [9.17, 15) is 0 Å². The van der Waals surface area contributed by atoms with E-state index in [1.165, 1.54) is 10.4 Å². The average Bonchev–Trinajstić information content (AvgIpc) is 2.90. The second-order valence-corrected chi connectivity index (χ2v) is 5.49. The maximum Gasteiger partial charge on any atom is 0.0410 e. The van der Waals surface area contributed by atoms with Crippen molar-refractivity contribution < 1.29 is 0 Å². The Kier molecular flexibility index (Phi) is 3.97. The zero-order chi connectivity index (χ0) is 12.1. The number of nitrogens with two attached hydrogens (primary N) is 1. The van der Waals surface area contributed by atoms with Gasteiger partial charge in [0.1, 0.15) is 0 Å². The number of hydrogen-bond acceptors (Lipinski definition) is 2. The maximum atomic E-state index is 6.54. The second-order valence-electron chi connectivity index (χ2n) is 4.46. The topological polar surface area (TPSA) is 26.0 Å². The molecule has 0 aliphatic carbocycles. The molecule has 0 aliphatic rings. The van der Waals surface area contributed by atoms with Crippen molar-refractivity contribution >= 4 is 11.3 Å². The SMILES string of the molecule is CCC(N)(CCc1cccs1)c1ccccc1. The van der Waals surface area contributed by atoms with Crippen LogP contribution in [0.5, 0.6) is 0 Å². The first-order valence-corrected chi connectivity index (χ1v) is 6.99. The summed E-state index contributed by atoms with van der Waals surface area (Å²) in [7, 11) is 0. The van der Waals surface area contributed by atoms with Gasteiger partial charge in [0.15, 0.2) is 0 Å². The van der Waals surface area contributed by atoms with Gasteiger partial charge in [-0.25, -0.2) is 0 Å².